The molecule has 0 radical (unpaired) electrons. The molecule has 0 atom stereocenters. The minimum absolute atomic E-state index is 0.651. The van der Waals surface area contributed by atoms with Gasteiger partial charge in [0.05, 0.1) is 16.9 Å². The van der Waals surface area contributed by atoms with E-state index in [2.05, 4.69) is 32.1 Å². The minimum Gasteiger partial charge on any atom is -0.398 e. The summed E-state index contributed by atoms with van der Waals surface area (Å²) in [4.78, 5) is 4.50. The van der Waals surface area contributed by atoms with Crippen LogP contribution in [-0.4, -0.2) is 14.8 Å². The van der Waals surface area contributed by atoms with Gasteiger partial charge in [-0.1, -0.05) is 0 Å². The molecule has 0 bridgehead atoms. The molecule has 2 heterocycles. The van der Waals surface area contributed by atoms with Crippen molar-refractivity contribution in [3.63, 3.8) is 0 Å². The fourth-order valence-electron chi connectivity index (χ4n) is 2.45. The number of hydrogen-bond acceptors (Lipinski definition) is 3. The number of nitrogens with zero attached hydrogens (tertiary/aromatic N) is 3. The summed E-state index contributed by atoms with van der Waals surface area (Å²) in [6.45, 7) is 0. The fraction of sp³-hybridized carbons (Fsp3) is 0.200. The number of halogens is 1. The molecule has 0 aliphatic heterocycles. The lowest BCUT2D eigenvalue weighted by molar-refractivity contribution is 0.841. The van der Waals surface area contributed by atoms with Gasteiger partial charge in [0.1, 0.15) is 0 Å². The van der Waals surface area contributed by atoms with Gasteiger partial charge in [-0.15, -0.1) is 0 Å². The van der Waals surface area contributed by atoms with Gasteiger partial charge in [0.2, 0.25) is 0 Å². The maximum atomic E-state index is 6.05. The van der Waals surface area contributed by atoms with Gasteiger partial charge in [0, 0.05) is 33.9 Å². The van der Waals surface area contributed by atoms with E-state index in [1.165, 1.54) is 18.5 Å². The van der Waals surface area contributed by atoms with Gasteiger partial charge in [-0.25, -0.2) is 4.68 Å². The number of pyridine rings is 1. The highest BCUT2D eigenvalue weighted by atomic mass is 79.9. The Morgan fingerprint density at radius 3 is 2.90 bits per heavy atom. The van der Waals surface area contributed by atoms with E-state index in [4.69, 9.17) is 5.73 Å². The van der Waals surface area contributed by atoms with Crippen molar-refractivity contribution < 1.29 is 0 Å². The predicted molar refractivity (Wildman–Crippen MR) is 83.0 cm³/mol. The predicted octanol–water partition coefficient (Wildman–Crippen LogP) is 3.64. The van der Waals surface area contributed by atoms with Crippen molar-refractivity contribution in [2.24, 2.45) is 0 Å². The zero-order valence-electron chi connectivity index (χ0n) is 10.8. The average Bonchev–Trinajstić information content (AvgIpc) is 3.18. The third-order valence-corrected chi connectivity index (χ3v) is 4.11. The summed E-state index contributed by atoms with van der Waals surface area (Å²) < 4.78 is 2.82. The van der Waals surface area contributed by atoms with Crippen LogP contribution in [0.2, 0.25) is 0 Å². The van der Waals surface area contributed by atoms with Crippen molar-refractivity contribution in [3.8, 4) is 5.69 Å². The number of hydrogen-bond donors (Lipinski definition) is 1. The Hall–Kier alpha value is -1.88. The highest BCUT2D eigenvalue weighted by molar-refractivity contribution is 9.10. The SMILES string of the molecule is Nc1ccc(-n2ccc(C3CC3)n2)c2ncc(Br)cc12. The molecule has 5 heteroatoms. The summed E-state index contributed by atoms with van der Waals surface area (Å²) in [5, 5.41) is 5.61. The normalized spacial score (nSPS) is 14.8. The average molecular weight is 329 g/mol. The van der Waals surface area contributed by atoms with Crippen LogP contribution in [0, 0.1) is 0 Å². The first-order valence-corrected chi connectivity index (χ1v) is 7.41. The lowest BCUT2D eigenvalue weighted by Crippen LogP contribution is -2.00. The first-order valence-electron chi connectivity index (χ1n) is 6.62. The molecule has 0 saturated heterocycles. The number of aromatic nitrogens is 3. The monoisotopic (exact) mass is 328 g/mol. The lowest BCUT2D eigenvalue weighted by Gasteiger charge is -2.08. The third kappa shape index (κ3) is 1.89. The van der Waals surface area contributed by atoms with Crippen molar-refractivity contribution in [3.05, 3.63) is 46.8 Å². The molecule has 0 unspecified atom stereocenters. The topological polar surface area (TPSA) is 56.7 Å². The molecule has 20 heavy (non-hydrogen) atoms. The summed E-state index contributed by atoms with van der Waals surface area (Å²) in [5.74, 6) is 0.651. The van der Waals surface area contributed by atoms with Gasteiger partial charge in [-0.2, -0.15) is 5.10 Å². The van der Waals surface area contributed by atoms with Crippen LogP contribution in [-0.2, 0) is 0 Å². The minimum atomic E-state index is 0.651. The fourth-order valence-corrected chi connectivity index (χ4v) is 2.79. The van der Waals surface area contributed by atoms with E-state index in [0.29, 0.717) is 5.92 Å². The van der Waals surface area contributed by atoms with E-state index >= 15 is 0 Å². The number of anilines is 1. The van der Waals surface area contributed by atoms with E-state index in [0.717, 1.165) is 26.8 Å². The molecule has 2 aromatic heterocycles. The molecule has 1 aromatic carbocycles. The maximum Gasteiger partial charge on any atom is 0.0980 e. The van der Waals surface area contributed by atoms with Gasteiger partial charge in [-0.3, -0.25) is 4.98 Å². The summed E-state index contributed by atoms with van der Waals surface area (Å²) in [6.07, 6.45) is 6.30. The second-order valence-electron chi connectivity index (χ2n) is 5.18. The summed E-state index contributed by atoms with van der Waals surface area (Å²) in [6, 6.07) is 7.97. The quantitative estimate of drug-likeness (QED) is 0.730. The molecule has 4 nitrogen and oxygen atoms in total. The standard InChI is InChI=1S/C15H13BrN4/c16-10-7-11-12(17)3-4-14(15(11)18-8-10)20-6-5-13(19-20)9-1-2-9/h3-9H,1-2,17H2. The highest BCUT2D eigenvalue weighted by Gasteiger charge is 2.26. The Morgan fingerprint density at radius 2 is 2.10 bits per heavy atom. The molecule has 3 aromatic rings. The smallest absolute Gasteiger partial charge is 0.0980 e. The van der Waals surface area contributed by atoms with Crippen molar-refractivity contribution in [2.45, 2.75) is 18.8 Å². The summed E-state index contributed by atoms with van der Waals surface area (Å²) in [7, 11) is 0. The zero-order chi connectivity index (χ0) is 13.7. The lowest BCUT2D eigenvalue weighted by atomic mass is 10.1. The maximum absolute atomic E-state index is 6.05. The second kappa shape index (κ2) is 4.31. The molecule has 4 rings (SSSR count). The molecule has 0 amide bonds. The molecule has 1 aliphatic rings. The van der Waals surface area contributed by atoms with Crippen molar-refractivity contribution in [1.82, 2.24) is 14.8 Å². The largest absolute Gasteiger partial charge is 0.398 e. The van der Waals surface area contributed by atoms with Crippen molar-refractivity contribution in [2.75, 3.05) is 5.73 Å². The number of nitrogens with two attached hydrogens (primary N) is 1. The van der Waals surface area contributed by atoms with Crippen LogP contribution in [0.4, 0.5) is 5.69 Å². The molecular weight excluding hydrogens is 316 g/mol. The molecule has 0 spiro atoms. The number of rotatable bonds is 2. The van der Waals surface area contributed by atoms with Gasteiger partial charge in [0.25, 0.3) is 0 Å². The van der Waals surface area contributed by atoms with Crippen LogP contribution < -0.4 is 5.73 Å². The van der Waals surface area contributed by atoms with Gasteiger partial charge in [0.15, 0.2) is 0 Å². The van der Waals surface area contributed by atoms with Crippen molar-refractivity contribution >= 4 is 32.5 Å². The molecule has 1 aliphatic carbocycles. The molecular formula is C15H13BrN4. The Labute approximate surface area is 124 Å². The van der Waals surface area contributed by atoms with Crippen LogP contribution in [0.25, 0.3) is 16.6 Å². The van der Waals surface area contributed by atoms with Gasteiger partial charge >= 0.3 is 0 Å². The van der Waals surface area contributed by atoms with Crippen LogP contribution in [0.3, 0.4) is 0 Å². The zero-order valence-corrected chi connectivity index (χ0v) is 12.3. The summed E-state index contributed by atoms with van der Waals surface area (Å²) in [5.41, 5.74) is 9.79. The number of nitrogen functional groups attached to an aromatic ring is 1. The van der Waals surface area contributed by atoms with E-state index < -0.39 is 0 Å². The molecule has 1 saturated carbocycles. The van der Waals surface area contributed by atoms with Crippen LogP contribution in [0.15, 0.2) is 41.1 Å². The van der Waals surface area contributed by atoms with E-state index in [1.807, 2.05) is 29.1 Å². The Balaban J connectivity index is 1.92. The van der Waals surface area contributed by atoms with Gasteiger partial charge < -0.3 is 5.73 Å². The van der Waals surface area contributed by atoms with Crippen LogP contribution in [0.1, 0.15) is 24.5 Å². The van der Waals surface area contributed by atoms with E-state index in [-0.39, 0.29) is 0 Å². The van der Waals surface area contributed by atoms with E-state index in [1.54, 1.807) is 6.20 Å². The molecule has 1 fully saturated rings. The van der Waals surface area contributed by atoms with Crippen LogP contribution >= 0.6 is 15.9 Å². The second-order valence-corrected chi connectivity index (χ2v) is 6.10. The number of fused-ring (bicyclic) bond motifs is 1. The van der Waals surface area contributed by atoms with Crippen LogP contribution in [0.5, 0.6) is 0 Å². The van der Waals surface area contributed by atoms with Crippen molar-refractivity contribution in [1.29, 1.82) is 0 Å². The highest BCUT2D eigenvalue weighted by Crippen LogP contribution is 2.39. The van der Waals surface area contributed by atoms with E-state index in [9.17, 15) is 0 Å². The molecule has 100 valence electrons. The third-order valence-electron chi connectivity index (χ3n) is 3.68. The first kappa shape index (κ1) is 11.9. The Morgan fingerprint density at radius 1 is 1.25 bits per heavy atom. The number of benzene rings is 1. The van der Waals surface area contributed by atoms with Gasteiger partial charge in [-0.05, 0) is 53.0 Å². The Kier molecular flexibility index (Phi) is 2.57. The summed E-state index contributed by atoms with van der Waals surface area (Å²) >= 11 is 3.44. The molecule has 2 N–H and O–H groups in total. The first-order chi connectivity index (χ1) is 9.72. The Bertz CT molecular complexity index is 805.